The van der Waals surface area contributed by atoms with E-state index in [9.17, 15) is 0 Å². The van der Waals surface area contributed by atoms with Gasteiger partial charge in [0.25, 0.3) is 0 Å². The number of anilines is 2. The molecule has 3 aliphatic rings. The van der Waals surface area contributed by atoms with E-state index < -0.39 is 0 Å². The van der Waals surface area contributed by atoms with Gasteiger partial charge in [-0.2, -0.15) is 0 Å². The summed E-state index contributed by atoms with van der Waals surface area (Å²) in [5, 5.41) is 0. The molecule has 2 unspecified atom stereocenters. The summed E-state index contributed by atoms with van der Waals surface area (Å²) in [5.41, 5.74) is 14.3. The number of hydrogen-bond donors (Lipinski definition) is 0. The van der Waals surface area contributed by atoms with E-state index in [1.54, 1.807) is 0 Å². The molecular formula is C44H38N2. The minimum Gasteiger partial charge on any atom is -0.334 e. The van der Waals surface area contributed by atoms with E-state index >= 15 is 0 Å². The number of rotatable bonds is 4. The van der Waals surface area contributed by atoms with Gasteiger partial charge in [-0.3, -0.25) is 4.98 Å². The first kappa shape index (κ1) is 27.4. The van der Waals surface area contributed by atoms with E-state index in [4.69, 9.17) is 0 Å². The molecule has 2 heterocycles. The van der Waals surface area contributed by atoms with E-state index in [0.717, 1.165) is 0 Å². The number of hydrogen-bond acceptors (Lipinski definition) is 2. The van der Waals surface area contributed by atoms with Crippen LogP contribution >= 0.6 is 0 Å². The molecule has 2 aliphatic carbocycles. The Balaban J connectivity index is 1.24. The number of pyridine rings is 1. The van der Waals surface area contributed by atoms with Crippen LogP contribution in [-0.2, 0) is 10.8 Å². The molecule has 0 bridgehead atoms. The molecule has 224 valence electrons. The molecule has 0 amide bonds. The van der Waals surface area contributed by atoms with Crippen LogP contribution < -0.4 is 4.90 Å². The lowest BCUT2D eigenvalue weighted by Gasteiger charge is -2.50. The van der Waals surface area contributed by atoms with Gasteiger partial charge in [0.1, 0.15) is 0 Å². The molecule has 1 fully saturated rings. The molecule has 1 saturated carbocycles. The van der Waals surface area contributed by atoms with Gasteiger partial charge in [-0.25, -0.2) is 0 Å². The fourth-order valence-corrected chi connectivity index (χ4v) is 9.44. The van der Waals surface area contributed by atoms with Crippen molar-refractivity contribution in [2.24, 2.45) is 0 Å². The molecule has 46 heavy (non-hydrogen) atoms. The normalized spacial score (nSPS) is 22.1. The molecule has 9 rings (SSSR count). The summed E-state index contributed by atoms with van der Waals surface area (Å²) in [4.78, 5) is 6.96. The smallest absolute Gasteiger partial charge is 0.0713 e. The van der Waals surface area contributed by atoms with Gasteiger partial charge in [0.2, 0.25) is 0 Å². The summed E-state index contributed by atoms with van der Waals surface area (Å²) >= 11 is 0. The van der Waals surface area contributed by atoms with Crippen LogP contribution in [0.1, 0.15) is 67.3 Å². The Kier molecular flexibility index (Phi) is 5.96. The second kappa shape index (κ2) is 10.0. The summed E-state index contributed by atoms with van der Waals surface area (Å²) in [6.45, 7) is 5.01. The quantitative estimate of drug-likeness (QED) is 0.201. The summed E-state index contributed by atoms with van der Waals surface area (Å²) in [7, 11) is 0. The zero-order chi connectivity index (χ0) is 30.9. The van der Waals surface area contributed by atoms with Crippen LogP contribution in [-0.4, -0.2) is 10.5 Å². The van der Waals surface area contributed by atoms with Crippen molar-refractivity contribution in [3.05, 3.63) is 174 Å². The number of benzene rings is 5. The third kappa shape index (κ3) is 3.56. The highest BCUT2D eigenvalue weighted by atomic mass is 15.3. The van der Waals surface area contributed by atoms with Crippen molar-refractivity contribution >= 4 is 11.4 Å². The van der Waals surface area contributed by atoms with Crippen LogP contribution in [0.25, 0.3) is 22.3 Å². The standard InChI is InChI=1S/C44H38N2/c1-42-25-11-12-26-43(42,2)46(35-23-27-45-28-24-35)41-22-20-32(30-40(41)42)31-19-21-39-37(29-31)36-17-9-10-18-38(36)44(39,33-13-5-3-6-14-33)34-15-7-4-8-16-34/h3-10,13-24,27-30H,11-12,25-26H2,1-2H3. The van der Waals surface area contributed by atoms with Gasteiger partial charge in [-0.05, 0) is 100 Å². The van der Waals surface area contributed by atoms with Gasteiger partial charge in [-0.15, -0.1) is 0 Å². The summed E-state index contributed by atoms with van der Waals surface area (Å²) in [6, 6.07) is 50.0. The van der Waals surface area contributed by atoms with Crippen molar-refractivity contribution < 1.29 is 0 Å². The maximum atomic E-state index is 4.34. The van der Waals surface area contributed by atoms with E-state index in [1.165, 1.54) is 87.1 Å². The first-order valence-electron chi connectivity index (χ1n) is 16.8. The zero-order valence-electron chi connectivity index (χ0n) is 26.6. The molecule has 0 spiro atoms. The van der Waals surface area contributed by atoms with Crippen molar-refractivity contribution in [2.45, 2.75) is 55.9 Å². The van der Waals surface area contributed by atoms with Crippen molar-refractivity contribution in [1.82, 2.24) is 4.98 Å². The van der Waals surface area contributed by atoms with Crippen LogP contribution in [0.5, 0.6) is 0 Å². The van der Waals surface area contributed by atoms with Gasteiger partial charge < -0.3 is 4.90 Å². The largest absolute Gasteiger partial charge is 0.334 e. The maximum Gasteiger partial charge on any atom is 0.0713 e. The van der Waals surface area contributed by atoms with Crippen molar-refractivity contribution in [3.63, 3.8) is 0 Å². The second-order valence-electron chi connectivity index (χ2n) is 13.9. The van der Waals surface area contributed by atoms with Gasteiger partial charge in [0.15, 0.2) is 0 Å². The zero-order valence-corrected chi connectivity index (χ0v) is 26.6. The molecule has 0 N–H and O–H groups in total. The Hall–Kier alpha value is -4.95. The lowest BCUT2D eigenvalue weighted by Crippen LogP contribution is -2.54. The Morgan fingerprint density at radius 2 is 1.15 bits per heavy atom. The summed E-state index contributed by atoms with van der Waals surface area (Å²) in [5.74, 6) is 0. The number of fused-ring (bicyclic) bond motifs is 6. The van der Waals surface area contributed by atoms with Gasteiger partial charge in [0.05, 0.1) is 11.0 Å². The molecule has 2 heteroatoms. The first-order valence-corrected chi connectivity index (χ1v) is 16.8. The molecule has 1 aliphatic heterocycles. The topological polar surface area (TPSA) is 16.1 Å². The Morgan fingerprint density at radius 3 is 1.89 bits per heavy atom. The fraction of sp³-hybridized carbons (Fsp3) is 0.205. The second-order valence-corrected chi connectivity index (χ2v) is 13.9. The predicted molar refractivity (Wildman–Crippen MR) is 190 cm³/mol. The number of nitrogens with zero attached hydrogens (tertiary/aromatic N) is 2. The van der Waals surface area contributed by atoms with E-state index in [1.807, 2.05) is 12.4 Å². The highest BCUT2D eigenvalue weighted by Gasteiger charge is 2.57. The first-order chi connectivity index (χ1) is 22.6. The van der Waals surface area contributed by atoms with Crippen LogP contribution in [0.2, 0.25) is 0 Å². The van der Waals surface area contributed by atoms with Gasteiger partial charge >= 0.3 is 0 Å². The van der Waals surface area contributed by atoms with E-state index in [0.29, 0.717) is 0 Å². The molecule has 2 atom stereocenters. The van der Waals surface area contributed by atoms with Gasteiger partial charge in [0, 0.05) is 29.2 Å². The average molecular weight is 595 g/mol. The highest BCUT2D eigenvalue weighted by Crippen LogP contribution is 2.61. The SMILES string of the molecule is CC12CCCCC1(C)N(c1ccncc1)c1ccc(-c3ccc4c(c3)-c3ccccc3C4(c3ccccc3)c3ccccc3)cc12. The van der Waals surface area contributed by atoms with Crippen molar-refractivity contribution in [1.29, 1.82) is 0 Å². The molecule has 0 saturated heterocycles. The third-order valence-corrected chi connectivity index (χ3v) is 11.8. The van der Waals surface area contributed by atoms with Crippen LogP contribution in [0.4, 0.5) is 11.4 Å². The van der Waals surface area contributed by atoms with Crippen molar-refractivity contribution in [2.75, 3.05) is 4.90 Å². The van der Waals surface area contributed by atoms with Crippen molar-refractivity contribution in [3.8, 4) is 22.3 Å². The molecule has 2 nitrogen and oxygen atoms in total. The molecule has 1 aromatic heterocycles. The fourth-order valence-electron chi connectivity index (χ4n) is 9.44. The van der Waals surface area contributed by atoms with E-state index in [-0.39, 0.29) is 16.4 Å². The van der Waals surface area contributed by atoms with E-state index in [2.05, 4.69) is 157 Å². The minimum atomic E-state index is -0.368. The molecule has 6 aromatic rings. The summed E-state index contributed by atoms with van der Waals surface area (Å²) < 4.78 is 0. The lowest BCUT2D eigenvalue weighted by atomic mass is 9.61. The van der Waals surface area contributed by atoms with Crippen LogP contribution in [0.3, 0.4) is 0 Å². The number of aromatic nitrogens is 1. The van der Waals surface area contributed by atoms with Gasteiger partial charge in [-0.1, -0.05) is 123 Å². The predicted octanol–water partition coefficient (Wildman–Crippen LogP) is 10.9. The molecular weight excluding hydrogens is 556 g/mol. The Morgan fingerprint density at radius 1 is 0.543 bits per heavy atom. The molecule has 5 aromatic carbocycles. The Bertz CT molecular complexity index is 2040. The third-order valence-electron chi connectivity index (χ3n) is 11.8. The highest BCUT2D eigenvalue weighted by molar-refractivity contribution is 5.89. The average Bonchev–Trinajstić information content (AvgIpc) is 3.52. The summed E-state index contributed by atoms with van der Waals surface area (Å²) in [6.07, 6.45) is 8.79. The maximum absolute atomic E-state index is 4.34. The Labute approximate surface area is 272 Å². The van der Waals surface area contributed by atoms with Crippen LogP contribution in [0, 0.1) is 0 Å². The van der Waals surface area contributed by atoms with Crippen LogP contribution in [0.15, 0.2) is 146 Å². The lowest BCUT2D eigenvalue weighted by molar-refractivity contribution is 0.195. The monoisotopic (exact) mass is 594 g/mol. The minimum absolute atomic E-state index is 0.0232. The molecule has 0 radical (unpaired) electrons.